The molecule has 0 unspecified atom stereocenters. The molecule has 0 aliphatic rings. The lowest BCUT2D eigenvalue weighted by Gasteiger charge is -2.03. The SMILES string of the molecule is CCCc1cc(C(=O)OCC)c(NC(=O)/C=C/C(=O)O)s1. The number of aliphatic carboxylic acids is 1. The van der Waals surface area contributed by atoms with Crippen molar-refractivity contribution >= 4 is 34.2 Å². The van der Waals surface area contributed by atoms with E-state index in [9.17, 15) is 14.4 Å². The predicted molar refractivity (Wildman–Crippen MR) is 79.7 cm³/mol. The summed E-state index contributed by atoms with van der Waals surface area (Å²) in [5.74, 6) is -2.32. The fourth-order valence-electron chi connectivity index (χ4n) is 1.57. The van der Waals surface area contributed by atoms with Crippen molar-refractivity contribution in [2.75, 3.05) is 11.9 Å². The van der Waals surface area contributed by atoms with E-state index in [0.29, 0.717) is 10.6 Å². The van der Waals surface area contributed by atoms with E-state index in [4.69, 9.17) is 9.84 Å². The molecule has 0 aromatic carbocycles. The van der Waals surface area contributed by atoms with Crippen LogP contribution in [-0.2, 0) is 20.7 Å². The van der Waals surface area contributed by atoms with E-state index < -0.39 is 17.8 Å². The molecule has 0 bridgehead atoms. The fraction of sp³-hybridized carbons (Fsp3) is 0.357. The minimum atomic E-state index is -1.21. The minimum Gasteiger partial charge on any atom is -0.478 e. The van der Waals surface area contributed by atoms with E-state index in [0.717, 1.165) is 29.9 Å². The van der Waals surface area contributed by atoms with Gasteiger partial charge in [-0.2, -0.15) is 0 Å². The van der Waals surface area contributed by atoms with E-state index in [-0.39, 0.29) is 6.61 Å². The molecule has 0 atom stereocenters. The monoisotopic (exact) mass is 311 g/mol. The normalized spacial score (nSPS) is 10.6. The average Bonchev–Trinajstić information content (AvgIpc) is 2.80. The molecular formula is C14H17NO5S. The van der Waals surface area contributed by atoms with Gasteiger partial charge in [0, 0.05) is 17.0 Å². The van der Waals surface area contributed by atoms with E-state index in [1.54, 1.807) is 13.0 Å². The Balaban J connectivity index is 2.95. The summed E-state index contributed by atoms with van der Waals surface area (Å²) in [6.45, 7) is 3.95. The van der Waals surface area contributed by atoms with Crippen LogP contribution in [0.2, 0.25) is 0 Å². The van der Waals surface area contributed by atoms with Gasteiger partial charge >= 0.3 is 11.9 Å². The van der Waals surface area contributed by atoms with Gasteiger partial charge in [0.1, 0.15) is 5.00 Å². The highest BCUT2D eigenvalue weighted by Crippen LogP contribution is 2.29. The molecule has 21 heavy (non-hydrogen) atoms. The van der Waals surface area contributed by atoms with Crippen LogP contribution in [0.1, 0.15) is 35.5 Å². The smallest absolute Gasteiger partial charge is 0.341 e. The number of ether oxygens (including phenoxy) is 1. The molecule has 1 rings (SSSR count). The van der Waals surface area contributed by atoms with Gasteiger partial charge in [-0.25, -0.2) is 9.59 Å². The summed E-state index contributed by atoms with van der Waals surface area (Å²) in [6.07, 6.45) is 3.34. The van der Waals surface area contributed by atoms with Gasteiger partial charge in [-0.05, 0) is 19.4 Å². The molecule has 0 saturated carbocycles. The van der Waals surface area contributed by atoms with Crippen molar-refractivity contribution in [1.82, 2.24) is 0 Å². The summed E-state index contributed by atoms with van der Waals surface area (Å²) in [6, 6.07) is 1.70. The van der Waals surface area contributed by atoms with Crippen LogP contribution in [0.15, 0.2) is 18.2 Å². The van der Waals surface area contributed by atoms with Gasteiger partial charge < -0.3 is 15.2 Å². The molecular weight excluding hydrogens is 294 g/mol. The van der Waals surface area contributed by atoms with Gasteiger partial charge in [0.25, 0.3) is 0 Å². The van der Waals surface area contributed by atoms with Crippen molar-refractivity contribution in [1.29, 1.82) is 0 Å². The number of thiophene rings is 1. The van der Waals surface area contributed by atoms with Crippen molar-refractivity contribution in [2.24, 2.45) is 0 Å². The second-order valence-electron chi connectivity index (χ2n) is 4.09. The molecule has 6 nitrogen and oxygen atoms in total. The molecule has 0 aliphatic heterocycles. The number of aryl methyl sites for hydroxylation is 1. The summed E-state index contributed by atoms with van der Waals surface area (Å²) in [7, 11) is 0. The number of amides is 1. The van der Waals surface area contributed by atoms with E-state index in [2.05, 4.69) is 5.32 Å². The molecule has 7 heteroatoms. The number of carbonyl (C=O) groups excluding carboxylic acids is 2. The quantitative estimate of drug-likeness (QED) is 0.596. The summed E-state index contributed by atoms with van der Waals surface area (Å²) in [5.41, 5.74) is 0.294. The first-order chi connectivity index (χ1) is 9.97. The Morgan fingerprint density at radius 1 is 1.33 bits per heavy atom. The summed E-state index contributed by atoms with van der Waals surface area (Å²) in [5, 5.41) is 11.4. The number of carboxylic acid groups (broad SMARTS) is 1. The summed E-state index contributed by atoms with van der Waals surface area (Å²) < 4.78 is 4.94. The van der Waals surface area contributed by atoms with Gasteiger partial charge in [0.2, 0.25) is 5.91 Å². The number of carboxylic acids is 1. The highest BCUT2D eigenvalue weighted by molar-refractivity contribution is 7.16. The lowest BCUT2D eigenvalue weighted by molar-refractivity contribution is -0.131. The molecule has 0 radical (unpaired) electrons. The van der Waals surface area contributed by atoms with Gasteiger partial charge in [-0.3, -0.25) is 4.79 Å². The lowest BCUT2D eigenvalue weighted by Crippen LogP contribution is -2.12. The molecule has 0 spiro atoms. The Morgan fingerprint density at radius 3 is 2.62 bits per heavy atom. The zero-order valence-electron chi connectivity index (χ0n) is 11.8. The van der Waals surface area contributed by atoms with Crippen LogP contribution in [0.25, 0.3) is 0 Å². The topological polar surface area (TPSA) is 92.7 Å². The van der Waals surface area contributed by atoms with Crippen LogP contribution >= 0.6 is 11.3 Å². The zero-order valence-corrected chi connectivity index (χ0v) is 12.7. The number of nitrogens with one attached hydrogen (secondary N) is 1. The summed E-state index contributed by atoms with van der Waals surface area (Å²) >= 11 is 1.29. The third-order valence-electron chi connectivity index (χ3n) is 2.39. The van der Waals surface area contributed by atoms with Crippen LogP contribution in [0, 0.1) is 0 Å². The van der Waals surface area contributed by atoms with Crippen LogP contribution in [-0.4, -0.2) is 29.6 Å². The van der Waals surface area contributed by atoms with Crippen molar-refractivity contribution in [3.8, 4) is 0 Å². The first-order valence-electron chi connectivity index (χ1n) is 6.49. The fourth-order valence-corrected chi connectivity index (χ4v) is 2.71. The number of rotatable bonds is 7. The Hall–Kier alpha value is -2.15. The van der Waals surface area contributed by atoms with Crippen molar-refractivity contribution in [3.05, 3.63) is 28.7 Å². The number of hydrogen-bond acceptors (Lipinski definition) is 5. The maximum atomic E-state index is 11.9. The van der Waals surface area contributed by atoms with Gasteiger partial charge in [-0.15, -0.1) is 11.3 Å². The minimum absolute atomic E-state index is 0.240. The molecule has 0 aliphatic carbocycles. The standard InChI is InChI=1S/C14H17NO5S/c1-3-5-9-8-10(14(19)20-4-2)13(21-9)15-11(16)6-7-12(17)18/h6-8H,3-5H2,1-2H3,(H,15,16)(H,17,18)/b7-6+. The Labute approximate surface area is 126 Å². The third kappa shape index (κ3) is 5.39. The second-order valence-corrected chi connectivity index (χ2v) is 5.22. The molecule has 1 heterocycles. The lowest BCUT2D eigenvalue weighted by atomic mass is 10.2. The number of carbonyl (C=O) groups is 3. The number of esters is 1. The van der Waals surface area contributed by atoms with Gasteiger partial charge in [0.15, 0.2) is 0 Å². The highest BCUT2D eigenvalue weighted by atomic mass is 32.1. The molecule has 0 fully saturated rings. The molecule has 1 aromatic rings. The number of anilines is 1. The first kappa shape index (κ1) is 16.9. The number of hydrogen-bond donors (Lipinski definition) is 2. The highest BCUT2D eigenvalue weighted by Gasteiger charge is 2.18. The van der Waals surface area contributed by atoms with Gasteiger partial charge in [-0.1, -0.05) is 13.3 Å². The molecule has 1 aromatic heterocycles. The van der Waals surface area contributed by atoms with Crippen molar-refractivity contribution in [3.63, 3.8) is 0 Å². The van der Waals surface area contributed by atoms with Crippen LogP contribution < -0.4 is 5.32 Å². The second kappa shape index (κ2) is 8.21. The van der Waals surface area contributed by atoms with E-state index >= 15 is 0 Å². The van der Waals surface area contributed by atoms with Crippen LogP contribution in [0.3, 0.4) is 0 Å². The largest absolute Gasteiger partial charge is 0.478 e. The first-order valence-corrected chi connectivity index (χ1v) is 7.31. The van der Waals surface area contributed by atoms with Crippen LogP contribution in [0.4, 0.5) is 5.00 Å². The van der Waals surface area contributed by atoms with E-state index in [1.807, 2.05) is 6.92 Å². The van der Waals surface area contributed by atoms with Crippen molar-refractivity contribution < 1.29 is 24.2 Å². The maximum absolute atomic E-state index is 11.9. The van der Waals surface area contributed by atoms with Crippen LogP contribution in [0.5, 0.6) is 0 Å². The Morgan fingerprint density at radius 2 is 2.05 bits per heavy atom. The predicted octanol–water partition coefficient (Wildman–Crippen LogP) is 2.46. The Kier molecular flexibility index (Phi) is 6.61. The summed E-state index contributed by atoms with van der Waals surface area (Å²) in [4.78, 5) is 34.8. The molecule has 1 amide bonds. The maximum Gasteiger partial charge on any atom is 0.341 e. The van der Waals surface area contributed by atoms with Crippen molar-refractivity contribution in [2.45, 2.75) is 26.7 Å². The Bertz CT molecular complexity index is 562. The van der Waals surface area contributed by atoms with E-state index in [1.165, 1.54) is 11.3 Å². The van der Waals surface area contributed by atoms with Gasteiger partial charge in [0.05, 0.1) is 12.2 Å². The zero-order chi connectivity index (χ0) is 15.8. The average molecular weight is 311 g/mol. The molecule has 0 saturated heterocycles. The molecule has 2 N–H and O–H groups in total. The molecule has 114 valence electrons. The third-order valence-corrected chi connectivity index (χ3v) is 3.50.